The molecular weight excluding hydrogens is 268 g/mol. The highest BCUT2D eigenvalue weighted by atomic mass is 32.1. The number of imidazole rings is 1. The molecule has 1 aliphatic carbocycles. The lowest BCUT2D eigenvalue weighted by Crippen LogP contribution is -2.36. The fourth-order valence-electron chi connectivity index (χ4n) is 2.78. The first-order valence-corrected chi connectivity index (χ1v) is 8.19. The maximum Gasteiger partial charge on any atom is 0.0948 e. The first-order valence-electron chi connectivity index (χ1n) is 7.31. The Morgan fingerprint density at radius 1 is 1.55 bits per heavy atom. The van der Waals surface area contributed by atoms with Gasteiger partial charge in [0.05, 0.1) is 18.1 Å². The molecule has 0 amide bonds. The Kier molecular flexibility index (Phi) is 4.19. The summed E-state index contributed by atoms with van der Waals surface area (Å²) in [7, 11) is 0. The van der Waals surface area contributed by atoms with E-state index in [0.29, 0.717) is 12.6 Å². The monoisotopic (exact) mass is 290 g/mol. The van der Waals surface area contributed by atoms with Crippen LogP contribution in [-0.4, -0.2) is 27.0 Å². The molecular formula is C15H22N4S. The molecule has 0 radical (unpaired) electrons. The van der Waals surface area contributed by atoms with Crippen molar-refractivity contribution in [1.82, 2.24) is 14.5 Å². The van der Waals surface area contributed by atoms with Gasteiger partial charge in [-0.2, -0.15) is 0 Å². The SMILES string of the molecule is CCn1cncc1C(CN)N(Cc1cccs1)C1CC1. The number of hydrogen-bond acceptors (Lipinski definition) is 4. The Bertz CT molecular complexity index is 530. The van der Waals surface area contributed by atoms with Gasteiger partial charge in [-0.1, -0.05) is 6.07 Å². The summed E-state index contributed by atoms with van der Waals surface area (Å²) in [6, 6.07) is 5.29. The molecule has 2 N–H and O–H groups in total. The minimum atomic E-state index is 0.270. The van der Waals surface area contributed by atoms with Crippen molar-refractivity contribution in [2.24, 2.45) is 5.73 Å². The molecule has 0 bridgehead atoms. The van der Waals surface area contributed by atoms with Crippen LogP contribution >= 0.6 is 11.3 Å². The molecule has 1 fully saturated rings. The maximum absolute atomic E-state index is 6.10. The number of rotatable bonds is 7. The second-order valence-electron chi connectivity index (χ2n) is 5.34. The molecule has 2 aromatic heterocycles. The predicted molar refractivity (Wildman–Crippen MR) is 82.6 cm³/mol. The van der Waals surface area contributed by atoms with E-state index in [0.717, 1.165) is 13.1 Å². The van der Waals surface area contributed by atoms with E-state index in [1.807, 2.05) is 23.9 Å². The average molecular weight is 290 g/mol. The van der Waals surface area contributed by atoms with Crippen molar-refractivity contribution in [2.45, 2.75) is 44.9 Å². The molecule has 2 heterocycles. The first kappa shape index (κ1) is 13.8. The number of thiophene rings is 1. The van der Waals surface area contributed by atoms with Gasteiger partial charge in [0.15, 0.2) is 0 Å². The Morgan fingerprint density at radius 2 is 2.40 bits per heavy atom. The van der Waals surface area contributed by atoms with Crippen molar-refractivity contribution in [3.05, 3.63) is 40.6 Å². The standard InChI is InChI=1S/C15H22N4S/c1-2-18-11-17-9-15(18)14(8-16)19(12-5-6-12)10-13-4-3-7-20-13/h3-4,7,9,11-12,14H,2,5-6,8,10,16H2,1H3. The quantitative estimate of drug-likeness (QED) is 0.852. The van der Waals surface area contributed by atoms with Crippen LogP contribution in [0.1, 0.15) is 36.4 Å². The molecule has 0 aliphatic heterocycles. The van der Waals surface area contributed by atoms with Crippen LogP contribution in [0.4, 0.5) is 0 Å². The summed E-state index contributed by atoms with van der Waals surface area (Å²) in [5, 5.41) is 2.15. The molecule has 4 nitrogen and oxygen atoms in total. The molecule has 108 valence electrons. The number of hydrogen-bond donors (Lipinski definition) is 1. The second kappa shape index (κ2) is 6.08. The Hall–Kier alpha value is -1.17. The largest absolute Gasteiger partial charge is 0.333 e. The zero-order valence-corrected chi connectivity index (χ0v) is 12.7. The normalized spacial score (nSPS) is 16.8. The molecule has 1 atom stereocenters. The van der Waals surface area contributed by atoms with Gasteiger partial charge in [-0.3, -0.25) is 4.90 Å². The summed E-state index contributed by atoms with van der Waals surface area (Å²) in [6.07, 6.45) is 6.48. The number of aryl methyl sites for hydroxylation is 1. The van der Waals surface area contributed by atoms with Crippen LogP contribution in [0.25, 0.3) is 0 Å². The van der Waals surface area contributed by atoms with Gasteiger partial charge in [0, 0.05) is 36.8 Å². The third-order valence-corrected chi connectivity index (χ3v) is 4.85. The second-order valence-corrected chi connectivity index (χ2v) is 6.37. The highest BCUT2D eigenvalue weighted by Gasteiger charge is 2.35. The lowest BCUT2D eigenvalue weighted by atomic mass is 10.1. The highest BCUT2D eigenvalue weighted by Crippen LogP contribution is 2.36. The van der Waals surface area contributed by atoms with E-state index in [1.54, 1.807) is 0 Å². The Morgan fingerprint density at radius 3 is 3.00 bits per heavy atom. The summed E-state index contributed by atoms with van der Waals surface area (Å²) in [4.78, 5) is 8.28. The molecule has 1 unspecified atom stereocenters. The lowest BCUT2D eigenvalue weighted by molar-refractivity contribution is 0.176. The van der Waals surface area contributed by atoms with Gasteiger partial charge in [-0.05, 0) is 31.2 Å². The summed E-state index contributed by atoms with van der Waals surface area (Å²) in [6.45, 7) is 4.75. The van der Waals surface area contributed by atoms with Crippen LogP contribution in [-0.2, 0) is 13.1 Å². The van der Waals surface area contributed by atoms with Gasteiger partial charge >= 0.3 is 0 Å². The zero-order chi connectivity index (χ0) is 13.9. The van der Waals surface area contributed by atoms with Gasteiger partial charge in [0.1, 0.15) is 0 Å². The third kappa shape index (κ3) is 2.80. The van der Waals surface area contributed by atoms with Crippen molar-refractivity contribution < 1.29 is 0 Å². The summed E-state index contributed by atoms with van der Waals surface area (Å²) >= 11 is 1.83. The van der Waals surface area contributed by atoms with Crippen LogP contribution < -0.4 is 5.73 Å². The van der Waals surface area contributed by atoms with Crippen LogP contribution in [0, 0.1) is 0 Å². The Balaban J connectivity index is 1.84. The van der Waals surface area contributed by atoms with Gasteiger partial charge in [-0.15, -0.1) is 11.3 Å². The van der Waals surface area contributed by atoms with Crippen LogP contribution in [0.3, 0.4) is 0 Å². The van der Waals surface area contributed by atoms with E-state index < -0.39 is 0 Å². The summed E-state index contributed by atoms with van der Waals surface area (Å²) < 4.78 is 2.21. The van der Waals surface area contributed by atoms with E-state index in [4.69, 9.17) is 5.73 Å². The zero-order valence-electron chi connectivity index (χ0n) is 11.9. The van der Waals surface area contributed by atoms with E-state index in [2.05, 4.69) is 38.9 Å². The number of nitrogens with zero attached hydrogens (tertiary/aromatic N) is 3. The molecule has 5 heteroatoms. The summed E-state index contributed by atoms with van der Waals surface area (Å²) in [5.74, 6) is 0. The molecule has 0 spiro atoms. The number of aromatic nitrogens is 2. The van der Waals surface area contributed by atoms with Crippen molar-refractivity contribution in [2.75, 3.05) is 6.54 Å². The topological polar surface area (TPSA) is 47.1 Å². The smallest absolute Gasteiger partial charge is 0.0948 e. The fourth-order valence-corrected chi connectivity index (χ4v) is 3.49. The molecule has 20 heavy (non-hydrogen) atoms. The van der Waals surface area contributed by atoms with Gasteiger partial charge in [0.25, 0.3) is 0 Å². The highest BCUT2D eigenvalue weighted by molar-refractivity contribution is 7.09. The van der Waals surface area contributed by atoms with Crippen molar-refractivity contribution in [3.8, 4) is 0 Å². The maximum atomic E-state index is 6.10. The van der Waals surface area contributed by atoms with E-state index in [9.17, 15) is 0 Å². The van der Waals surface area contributed by atoms with Gasteiger partial charge < -0.3 is 10.3 Å². The minimum Gasteiger partial charge on any atom is -0.333 e. The van der Waals surface area contributed by atoms with E-state index >= 15 is 0 Å². The molecule has 0 saturated heterocycles. The van der Waals surface area contributed by atoms with Crippen molar-refractivity contribution in [1.29, 1.82) is 0 Å². The van der Waals surface area contributed by atoms with Crippen molar-refractivity contribution >= 4 is 11.3 Å². The van der Waals surface area contributed by atoms with E-state index in [1.165, 1.54) is 23.4 Å². The average Bonchev–Trinajstić information content (AvgIpc) is 2.99. The van der Waals surface area contributed by atoms with Crippen LogP contribution in [0.2, 0.25) is 0 Å². The third-order valence-electron chi connectivity index (χ3n) is 3.98. The molecule has 1 aliphatic rings. The first-order chi connectivity index (χ1) is 9.83. The lowest BCUT2D eigenvalue weighted by Gasteiger charge is -2.31. The van der Waals surface area contributed by atoms with Crippen molar-refractivity contribution in [3.63, 3.8) is 0 Å². The van der Waals surface area contributed by atoms with Crippen LogP contribution in [0.15, 0.2) is 30.0 Å². The Labute approximate surface area is 124 Å². The fraction of sp³-hybridized carbons (Fsp3) is 0.533. The van der Waals surface area contributed by atoms with Gasteiger partial charge in [-0.25, -0.2) is 4.98 Å². The van der Waals surface area contributed by atoms with Crippen LogP contribution in [0.5, 0.6) is 0 Å². The summed E-state index contributed by atoms with van der Waals surface area (Å²) in [5.41, 5.74) is 7.35. The predicted octanol–water partition coefficient (Wildman–Crippen LogP) is 2.63. The molecule has 3 rings (SSSR count). The molecule has 0 aromatic carbocycles. The van der Waals surface area contributed by atoms with Gasteiger partial charge in [0.2, 0.25) is 0 Å². The minimum absolute atomic E-state index is 0.270. The molecule has 1 saturated carbocycles. The van der Waals surface area contributed by atoms with E-state index in [-0.39, 0.29) is 6.04 Å². The molecule has 2 aromatic rings. The number of nitrogens with two attached hydrogens (primary N) is 1.